The summed E-state index contributed by atoms with van der Waals surface area (Å²) in [6.07, 6.45) is 1.68. The summed E-state index contributed by atoms with van der Waals surface area (Å²) in [5.41, 5.74) is 2.00. The molecule has 0 unspecified atom stereocenters. The SMILES string of the molecule is O=C1S/C(=C\c2ccc(OCc3cccc([N+](=O)[O-])c3)c(I)c2)C(=O)N1c1ccccc1. The molecule has 3 aromatic rings. The quantitative estimate of drug-likeness (QED) is 0.159. The Kier molecular flexibility index (Phi) is 6.56. The minimum atomic E-state index is -0.443. The highest BCUT2D eigenvalue weighted by atomic mass is 127. The highest BCUT2D eigenvalue weighted by Gasteiger charge is 2.36. The zero-order valence-electron chi connectivity index (χ0n) is 16.4. The number of nitro groups is 1. The lowest BCUT2D eigenvalue weighted by atomic mass is 10.2. The number of anilines is 1. The lowest BCUT2D eigenvalue weighted by Gasteiger charge is -2.11. The topological polar surface area (TPSA) is 89.7 Å². The summed E-state index contributed by atoms with van der Waals surface area (Å²) in [4.78, 5) is 37.1. The molecule has 0 aromatic heterocycles. The maximum absolute atomic E-state index is 12.7. The first-order valence-electron chi connectivity index (χ1n) is 9.41. The molecule has 160 valence electrons. The molecule has 9 heteroatoms. The van der Waals surface area contributed by atoms with Crippen molar-refractivity contribution in [3.05, 3.63) is 103 Å². The Labute approximate surface area is 201 Å². The highest BCUT2D eigenvalue weighted by Crippen LogP contribution is 2.36. The molecule has 3 aromatic carbocycles. The molecular weight excluding hydrogens is 543 g/mol. The standard InChI is InChI=1S/C23H15IN2O5S/c24-19-12-15(9-10-20(19)31-14-16-5-4-8-18(11-16)26(29)30)13-21-22(27)25(23(28)32-21)17-6-2-1-3-7-17/h1-13H,14H2/b21-13-. The molecule has 4 rings (SSSR count). The molecular formula is C23H15IN2O5S. The van der Waals surface area contributed by atoms with Crippen LogP contribution in [0.4, 0.5) is 16.2 Å². The number of nitro benzene ring substituents is 1. The predicted molar refractivity (Wildman–Crippen MR) is 131 cm³/mol. The van der Waals surface area contributed by atoms with Crippen molar-refractivity contribution in [2.45, 2.75) is 6.61 Å². The first-order valence-corrected chi connectivity index (χ1v) is 11.3. The normalized spacial score (nSPS) is 14.8. The van der Waals surface area contributed by atoms with Gasteiger partial charge in [-0.3, -0.25) is 19.7 Å². The van der Waals surface area contributed by atoms with Crippen LogP contribution in [0, 0.1) is 13.7 Å². The number of nitrogens with zero attached hydrogens (tertiary/aromatic N) is 2. The van der Waals surface area contributed by atoms with Crippen molar-refractivity contribution in [1.82, 2.24) is 0 Å². The van der Waals surface area contributed by atoms with E-state index in [4.69, 9.17) is 4.74 Å². The molecule has 0 bridgehead atoms. The number of carbonyl (C=O) groups is 2. The molecule has 1 heterocycles. The Morgan fingerprint density at radius 3 is 2.53 bits per heavy atom. The maximum Gasteiger partial charge on any atom is 0.298 e. The first kappa shape index (κ1) is 22.0. The second kappa shape index (κ2) is 9.53. The predicted octanol–water partition coefficient (Wildman–Crippen LogP) is 6.02. The molecule has 1 saturated heterocycles. The van der Waals surface area contributed by atoms with Gasteiger partial charge in [0.2, 0.25) is 0 Å². The second-order valence-electron chi connectivity index (χ2n) is 6.76. The molecule has 0 spiro atoms. The number of thioether (sulfide) groups is 1. The van der Waals surface area contributed by atoms with Crippen LogP contribution in [0.3, 0.4) is 0 Å². The zero-order chi connectivity index (χ0) is 22.7. The van der Waals surface area contributed by atoms with E-state index in [0.29, 0.717) is 21.9 Å². The number of benzene rings is 3. The number of ether oxygens (including phenoxy) is 1. The Bertz CT molecular complexity index is 1250. The van der Waals surface area contributed by atoms with Gasteiger partial charge in [0, 0.05) is 12.1 Å². The van der Waals surface area contributed by atoms with Crippen LogP contribution in [0.25, 0.3) is 6.08 Å². The van der Waals surface area contributed by atoms with Crippen LogP contribution in [0.15, 0.2) is 77.7 Å². The van der Waals surface area contributed by atoms with E-state index in [1.165, 1.54) is 12.1 Å². The Balaban J connectivity index is 1.48. The fraction of sp³-hybridized carbons (Fsp3) is 0.0435. The molecule has 2 amide bonds. The van der Waals surface area contributed by atoms with Gasteiger partial charge in [0.15, 0.2) is 0 Å². The molecule has 32 heavy (non-hydrogen) atoms. The fourth-order valence-electron chi connectivity index (χ4n) is 3.06. The van der Waals surface area contributed by atoms with Gasteiger partial charge in [-0.05, 0) is 75.8 Å². The third kappa shape index (κ3) is 4.83. The lowest BCUT2D eigenvalue weighted by Crippen LogP contribution is -2.27. The third-order valence-corrected chi connectivity index (χ3v) is 6.29. The van der Waals surface area contributed by atoms with Gasteiger partial charge < -0.3 is 4.74 Å². The van der Waals surface area contributed by atoms with Gasteiger partial charge in [0.05, 0.1) is 19.1 Å². The summed E-state index contributed by atoms with van der Waals surface area (Å²) < 4.78 is 6.62. The van der Waals surface area contributed by atoms with Crippen LogP contribution in [-0.4, -0.2) is 16.1 Å². The van der Waals surface area contributed by atoms with Crippen molar-refractivity contribution < 1.29 is 19.2 Å². The van der Waals surface area contributed by atoms with Crippen LogP contribution in [0.2, 0.25) is 0 Å². The summed E-state index contributed by atoms with van der Waals surface area (Å²) in [5, 5.41) is 10.6. The number of para-hydroxylation sites is 1. The van der Waals surface area contributed by atoms with E-state index in [0.717, 1.165) is 25.8 Å². The lowest BCUT2D eigenvalue weighted by molar-refractivity contribution is -0.384. The van der Waals surface area contributed by atoms with E-state index >= 15 is 0 Å². The minimum absolute atomic E-state index is 0.0144. The van der Waals surface area contributed by atoms with Crippen LogP contribution >= 0.6 is 34.4 Å². The number of non-ortho nitro benzene ring substituents is 1. The number of amides is 2. The fourth-order valence-corrected chi connectivity index (χ4v) is 4.60. The molecule has 0 aliphatic carbocycles. The van der Waals surface area contributed by atoms with Crippen molar-refractivity contribution in [1.29, 1.82) is 0 Å². The van der Waals surface area contributed by atoms with E-state index in [9.17, 15) is 19.7 Å². The molecule has 7 nitrogen and oxygen atoms in total. The summed E-state index contributed by atoms with van der Waals surface area (Å²) >= 11 is 3.03. The van der Waals surface area contributed by atoms with E-state index < -0.39 is 4.92 Å². The van der Waals surface area contributed by atoms with Crippen molar-refractivity contribution >= 4 is 62.9 Å². The average molecular weight is 558 g/mol. The Morgan fingerprint density at radius 2 is 1.81 bits per heavy atom. The van der Waals surface area contributed by atoms with Crippen molar-refractivity contribution in [3.63, 3.8) is 0 Å². The molecule has 1 fully saturated rings. The average Bonchev–Trinajstić information content (AvgIpc) is 3.06. The van der Waals surface area contributed by atoms with Crippen molar-refractivity contribution in [2.75, 3.05) is 4.90 Å². The number of rotatable bonds is 6. The third-order valence-electron chi connectivity index (χ3n) is 4.58. The molecule has 0 N–H and O–H groups in total. The van der Waals surface area contributed by atoms with Gasteiger partial charge in [0.25, 0.3) is 16.8 Å². The molecule has 0 atom stereocenters. The van der Waals surface area contributed by atoms with Crippen molar-refractivity contribution in [3.8, 4) is 5.75 Å². The van der Waals surface area contributed by atoms with Crippen LogP contribution in [0.5, 0.6) is 5.75 Å². The van der Waals surface area contributed by atoms with Gasteiger partial charge in [-0.15, -0.1) is 0 Å². The Morgan fingerprint density at radius 1 is 1.03 bits per heavy atom. The number of imide groups is 1. The van der Waals surface area contributed by atoms with Gasteiger partial charge >= 0.3 is 0 Å². The van der Waals surface area contributed by atoms with E-state index in [2.05, 4.69) is 22.6 Å². The van der Waals surface area contributed by atoms with Gasteiger partial charge in [0.1, 0.15) is 12.4 Å². The number of halogens is 1. The van der Waals surface area contributed by atoms with Gasteiger partial charge in [-0.25, -0.2) is 4.90 Å². The molecule has 1 aliphatic heterocycles. The summed E-state index contributed by atoms with van der Waals surface area (Å²) in [6.45, 7) is 0.187. The number of hydrogen-bond donors (Lipinski definition) is 0. The summed E-state index contributed by atoms with van der Waals surface area (Å²) in [6, 6.07) is 20.5. The van der Waals surface area contributed by atoms with E-state index in [-0.39, 0.29) is 23.4 Å². The van der Waals surface area contributed by atoms with E-state index in [1.54, 1.807) is 54.6 Å². The highest BCUT2D eigenvalue weighted by molar-refractivity contribution is 14.1. The molecule has 1 aliphatic rings. The van der Waals surface area contributed by atoms with Crippen LogP contribution < -0.4 is 9.64 Å². The van der Waals surface area contributed by atoms with Gasteiger partial charge in [-0.1, -0.05) is 36.4 Å². The van der Waals surface area contributed by atoms with E-state index in [1.807, 2.05) is 12.1 Å². The smallest absolute Gasteiger partial charge is 0.298 e. The maximum atomic E-state index is 12.7. The van der Waals surface area contributed by atoms with Gasteiger partial charge in [-0.2, -0.15) is 0 Å². The monoisotopic (exact) mass is 558 g/mol. The summed E-state index contributed by atoms with van der Waals surface area (Å²) in [7, 11) is 0. The van der Waals surface area contributed by atoms with Crippen molar-refractivity contribution in [2.24, 2.45) is 0 Å². The first-order chi connectivity index (χ1) is 15.4. The Hall–Kier alpha value is -3.18. The van der Waals surface area contributed by atoms with Crippen LogP contribution in [0.1, 0.15) is 11.1 Å². The largest absolute Gasteiger partial charge is 0.488 e. The number of hydrogen-bond acceptors (Lipinski definition) is 6. The molecule has 0 saturated carbocycles. The summed E-state index contributed by atoms with van der Waals surface area (Å²) in [5.74, 6) is 0.263. The zero-order valence-corrected chi connectivity index (χ0v) is 19.4. The number of carbonyl (C=O) groups excluding carboxylic acids is 2. The molecule has 0 radical (unpaired) electrons. The second-order valence-corrected chi connectivity index (χ2v) is 8.91. The minimum Gasteiger partial charge on any atom is -0.488 e. The van der Waals surface area contributed by atoms with Crippen LogP contribution in [-0.2, 0) is 11.4 Å².